The Morgan fingerprint density at radius 2 is 1.51 bits per heavy atom. The van der Waals surface area contributed by atoms with Crippen LogP contribution < -0.4 is 16.0 Å². The molecule has 41 heavy (non-hydrogen) atoms. The van der Waals surface area contributed by atoms with Crippen molar-refractivity contribution in [2.24, 2.45) is 5.41 Å². The molecular formula is C32H43N5O4. The lowest BCUT2D eigenvalue weighted by molar-refractivity contribution is 0.0901. The van der Waals surface area contributed by atoms with E-state index in [-0.39, 0.29) is 34.3 Å². The van der Waals surface area contributed by atoms with Crippen LogP contribution in [0.5, 0.6) is 0 Å². The van der Waals surface area contributed by atoms with E-state index < -0.39 is 0 Å². The van der Waals surface area contributed by atoms with Crippen molar-refractivity contribution in [2.75, 3.05) is 39.0 Å². The fraction of sp³-hybridized carbons (Fsp3) is 0.438. The molecule has 3 amide bonds. The third-order valence-electron chi connectivity index (χ3n) is 6.45. The Morgan fingerprint density at radius 3 is 2.12 bits per heavy atom. The first-order valence-corrected chi connectivity index (χ1v) is 13.8. The van der Waals surface area contributed by atoms with Crippen LogP contribution in [0.1, 0.15) is 83.9 Å². The first-order chi connectivity index (χ1) is 19.0. The molecule has 0 bridgehead atoms. The van der Waals surface area contributed by atoms with Gasteiger partial charge in [-0.2, -0.15) is 0 Å². The zero-order valence-corrected chi connectivity index (χ0v) is 25.7. The molecule has 3 rings (SSSR count). The molecule has 2 aromatic carbocycles. The molecule has 0 spiro atoms. The number of hydrogen-bond donors (Lipinski definition) is 3. The Labute approximate surface area is 243 Å². The van der Waals surface area contributed by atoms with E-state index in [1.165, 1.54) is 0 Å². The summed E-state index contributed by atoms with van der Waals surface area (Å²) in [5.74, 6) is -0.775. The average molecular weight is 562 g/mol. The zero-order valence-electron chi connectivity index (χ0n) is 25.7. The third kappa shape index (κ3) is 9.01. The Balaban J connectivity index is 1.84. The fourth-order valence-corrected chi connectivity index (χ4v) is 3.94. The number of carbonyl (C=O) groups is 3. The molecular weight excluding hydrogens is 518 g/mol. The van der Waals surface area contributed by atoms with Crippen molar-refractivity contribution < 1.29 is 18.9 Å². The van der Waals surface area contributed by atoms with E-state index in [2.05, 4.69) is 21.1 Å². The van der Waals surface area contributed by atoms with Crippen molar-refractivity contribution in [1.29, 1.82) is 0 Å². The fourth-order valence-electron chi connectivity index (χ4n) is 3.94. The second kappa shape index (κ2) is 12.7. The van der Waals surface area contributed by atoms with Crippen LogP contribution in [-0.4, -0.2) is 61.5 Å². The van der Waals surface area contributed by atoms with Gasteiger partial charge in [0.15, 0.2) is 0 Å². The van der Waals surface area contributed by atoms with Gasteiger partial charge in [0.2, 0.25) is 5.76 Å². The lowest BCUT2D eigenvalue weighted by Gasteiger charge is -2.21. The van der Waals surface area contributed by atoms with Gasteiger partial charge in [-0.1, -0.05) is 52.8 Å². The van der Waals surface area contributed by atoms with Gasteiger partial charge in [0, 0.05) is 48.1 Å². The molecule has 1 aromatic heterocycles. The van der Waals surface area contributed by atoms with E-state index in [4.69, 9.17) is 4.52 Å². The van der Waals surface area contributed by atoms with Crippen LogP contribution in [0.4, 0.5) is 5.69 Å². The normalized spacial score (nSPS) is 11.9. The number of likely N-dealkylation sites (N-methyl/N-ethyl adjacent to an activating group) is 1. The van der Waals surface area contributed by atoms with E-state index in [9.17, 15) is 14.4 Å². The largest absolute Gasteiger partial charge is 0.351 e. The van der Waals surface area contributed by atoms with Crippen LogP contribution in [0, 0.1) is 12.3 Å². The maximum absolute atomic E-state index is 13.4. The number of nitrogens with one attached hydrogen (secondary N) is 3. The predicted molar refractivity (Wildman–Crippen MR) is 162 cm³/mol. The average Bonchev–Trinajstić information content (AvgIpc) is 3.37. The monoisotopic (exact) mass is 561 g/mol. The Kier molecular flexibility index (Phi) is 9.76. The smallest absolute Gasteiger partial charge is 0.289 e. The molecule has 0 unspecified atom stereocenters. The number of amides is 3. The summed E-state index contributed by atoms with van der Waals surface area (Å²) in [5.41, 5.74) is 4.05. The molecule has 0 saturated carbocycles. The van der Waals surface area contributed by atoms with Gasteiger partial charge in [0.05, 0.1) is 0 Å². The van der Waals surface area contributed by atoms with E-state index in [1.807, 2.05) is 85.7 Å². The van der Waals surface area contributed by atoms with E-state index in [0.29, 0.717) is 42.1 Å². The van der Waals surface area contributed by atoms with Crippen LogP contribution in [0.25, 0.3) is 11.3 Å². The van der Waals surface area contributed by atoms with Crippen LogP contribution in [0.2, 0.25) is 0 Å². The number of benzene rings is 2. The van der Waals surface area contributed by atoms with Gasteiger partial charge in [0.1, 0.15) is 5.69 Å². The topological polar surface area (TPSA) is 117 Å². The number of anilines is 1. The molecule has 9 heteroatoms. The van der Waals surface area contributed by atoms with Crippen molar-refractivity contribution in [3.63, 3.8) is 0 Å². The van der Waals surface area contributed by atoms with Gasteiger partial charge in [0.25, 0.3) is 17.7 Å². The van der Waals surface area contributed by atoms with Gasteiger partial charge >= 0.3 is 0 Å². The van der Waals surface area contributed by atoms with Gasteiger partial charge in [-0.15, -0.1) is 0 Å². The molecule has 3 aromatic rings. The van der Waals surface area contributed by atoms with Crippen molar-refractivity contribution in [2.45, 2.75) is 53.9 Å². The van der Waals surface area contributed by atoms with Crippen molar-refractivity contribution in [3.8, 4) is 11.3 Å². The number of rotatable bonds is 9. The highest BCUT2D eigenvalue weighted by atomic mass is 16.5. The van der Waals surface area contributed by atoms with Gasteiger partial charge < -0.3 is 25.4 Å². The third-order valence-corrected chi connectivity index (χ3v) is 6.45. The SMILES string of the molecule is Cc1ccc(NC(=O)c2cc(C(=O)NCCN(C)C)cc(C(C)(C)C)c2)cc1-c1cc(C(=O)NCC(C)(C)C)on1. The van der Waals surface area contributed by atoms with Crippen LogP contribution >= 0.6 is 0 Å². The summed E-state index contributed by atoms with van der Waals surface area (Å²) in [7, 11) is 3.88. The molecule has 220 valence electrons. The molecule has 1 heterocycles. The highest BCUT2D eigenvalue weighted by molar-refractivity contribution is 6.06. The minimum absolute atomic E-state index is 0.0648. The Bertz CT molecular complexity index is 1410. The summed E-state index contributed by atoms with van der Waals surface area (Å²) < 4.78 is 5.32. The standard InChI is InChI=1S/C32H43N5O4/c1-20-10-11-24(17-25(20)26-18-27(41-36-26)30(40)34-19-31(2,3)4)35-29(39)22-14-21(15-23(16-22)32(5,6)7)28(38)33-12-13-37(8)9/h10-11,14-18H,12-13,19H2,1-9H3,(H,33,38)(H,34,40)(H,35,39). The molecule has 0 atom stereocenters. The highest BCUT2D eigenvalue weighted by Gasteiger charge is 2.21. The number of carbonyl (C=O) groups excluding carboxylic acids is 3. The van der Waals surface area contributed by atoms with Crippen molar-refractivity contribution in [3.05, 3.63) is 70.5 Å². The summed E-state index contributed by atoms with van der Waals surface area (Å²) in [5, 5.41) is 12.8. The van der Waals surface area contributed by atoms with E-state index >= 15 is 0 Å². The molecule has 0 aliphatic heterocycles. The molecule has 3 N–H and O–H groups in total. The highest BCUT2D eigenvalue weighted by Crippen LogP contribution is 2.28. The number of aromatic nitrogens is 1. The maximum atomic E-state index is 13.4. The minimum atomic E-state index is -0.337. The first kappa shape index (κ1) is 31.5. The lowest BCUT2D eigenvalue weighted by Crippen LogP contribution is -2.31. The van der Waals surface area contributed by atoms with Crippen LogP contribution in [0.3, 0.4) is 0 Å². The summed E-state index contributed by atoms with van der Waals surface area (Å²) in [6.07, 6.45) is 0. The number of nitrogens with zero attached hydrogens (tertiary/aromatic N) is 2. The molecule has 0 saturated heterocycles. The summed E-state index contributed by atoms with van der Waals surface area (Å²) >= 11 is 0. The molecule has 9 nitrogen and oxygen atoms in total. The summed E-state index contributed by atoms with van der Waals surface area (Å²) in [6.45, 7) is 15.8. The van der Waals surface area contributed by atoms with Gasteiger partial charge in [-0.05, 0) is 73.3 Å². The first-order valence-electron chi connectivity index (χ1n) is 13.8. The molecule has 0 aliphatic carbocycles. The Morgan fingerprint density at radius 1 is 0.854 bits per heavy atom. The van der Waals surface area contributed by atoms with Crippen molar-refractivity contribution >= 4 is 23.4 Å². The summed E-state index contributed by atoms with van der Waals surface area (Å²) in [4.78, 5) is 40.8. The van der Waals surface area contributed by atoms with Crippen LogP contribution in [-0.2, 0) is 5.41 Å². The van der Waals surface area contributed by atoms with Crippen molar-refractivity contribution in [1.82, 2.24) is 20.7 Å². The molecule has 0 aliphatic rings. The van der Waals surface area contributed by atoms with E-state index in [0.717, 1.165) is 16.7 Å². The number of hydrogen-bond acceptors (Lipinski definition) is 6. The summed E-state index contributed by atoms with van der Waals surface area (Å²) in [6, 6.07) is 12.3. The zero-order chi connectivity index (χ0) is 30.5. The van der Waals surface area contributed by atoms with Crippen LogP contribution in [0.15, 0.2) is 47.0 Å². The van der Waals surface area contributed by atoms with Gasteiger partial charge in [-0.3, -0.25) is 14.4 Å². The lowest BCUT2D eigenvalue weighted by atomic mass is 9.85. The number of aryl methyl sites for hydroxylation is 1. The quantitative estimate of drug-likeness (QED) is 0.328. The van der Waals surface area contributed by atoms with E-state index in [1.54, 1.807) is 24.3 Å². The molecule has 0 fully saturated rings. The van der Waals surface area contributed by atoms with Gasteiger partial charge in [-0.25, -0.2) is 0 Å². The molecule has 0 radical (unpaired) electrons. The second-order valence-electron chi connectivity index (χ2n) is 12.9. The minimum Gasteiger partial charge on any atom is -0.351 e. The predicted octanol–water partition coefficient (Wildman–Crippen LogP) is 5.27. The second-order valence-corrected chi connectivity index (χ2v) is 12.9. The Hall–Kier alpha value is -3.98. The maximum Gasteiger partial charge on any atom is 0.289 e.